The Bertz CT molecular complexity index is 318. The number of aliphatic hydroxyl groups excluding tert-OH is 1. The maximum absolute atomic E-state index is 8.61. The second kappa shape index (κ2) is 8.79. The molecule has 0 saturated carbocycles. The smallest absolute Gasteiger partial charge is 0.144 e. The van der Waals surface area contributed by atoms with E-state index in [1.54, 1.807) is 12.4 Å². The van der Waals surface area contributed by atoms with Gasteiger partial charge in [-0.05, 0) is 6.54 Å². The zero-order valence-electron chi connectivity index (χ0n) is 11.1. The number of nitrogens with one attached hydrogen (secondary N) is 1. The fraction of sp³-hybridized carbons (Fsp3) is 0.667. The molecule has 0 atom stereocenters. The minimum Gasteiger partial charge on any atom is -0.394 e. The van der Waals surface area contributed by atoms with Gasteiger partial charge in [-0.1, -0.05) is 6.92 Å². The predicted molar refractivity (Wildman–Crippen MR) is 70.4 cm³/mol. The summed E-state index contributed by atoms with van der Waals surface area (Å²) in [5, 5.41) is 11.5. The number of anilines is 1. The SMILES string of the molecule is CCN(CCOCCO)Cc1cnc(NC)cn1. The van der Waals surface area contributed by atoms with Gasteiger partial charge in [0.15, 0.2) is 0 Å². The topological polar surface area (TPSA) is 70.5 Å². The second-order valence-electron chi connectivity index (χ2n) is 3.85. The number of rotatable bonds is 9. The third-order valence-electron chi connectivity index (χ3n) is 2.58. The first-order chi connectivity index (χ1) is 8.80. The summed E-state index contributed by atoms with van der Waals surface area (Å²) in [7, 11) is 1.82. The van der Waals surface area contributed by atoms with Crippen LogP contribution in [0.1, 0.15) is 12.6 Å². The van der Waals surface area contributed by atoms with E-state index in [0.717, 1.165) is 31.1 Å². The van der Waals surface area contributed by atoms with Crippen LogP contribution in [0.25, 0.3) is 0 Å². The number of aliphatic hydroxyl groups is 1. The van der Waals surface area contributed by atoms with E-state index in [-0.39, 0.29) is 6.61 Å². The zero-order valence-corrected chi connectivity index (χ0v) is 11.1. The van der Waals surface area contributed by atoms with Crippen molar-refractivity contribution in [2.24, 2.45) is 0 Å². The molecule has 0 aliphatic heterocycles. The van der Waals surface area contributed by atoms with E-state index in [0.29, 0.717) is 13.2 Å². The molecule has 2 N–H and O–H groups in total. The Labute approximate surface area is 108 Å². The van der Waals surface area contributed by atoms with Crippen LogP contribution >= 0.6 is 0 Å². The van der Waals surface area contributed by atoms with Crippen LogP contribution in [0, 0.1) is 0 Å². The van der Waals surface area contributed by atoms with Gasteiger partial charge in [0, 0.05) is 20.1 Å². The molecule has 1 heterocycles. The molecule has 0 aliphatic carbocycles. The molecule has 0 unspecified atom stereocenters. The molecule has 0 saturated heterocycles. The van der Waals surface area contributed by atoms with Gasteiger partial charge in [-0.2, -0.15) is 0 Å². The van der Waals surface area contributed by atoms with Crippen LogP contribution in [0.2, 0.25) is 0 Å². The molecule has 18 heavy (non-hydrogen) atoms. The van der Waals surface area contributed by atoms with Gasteiger partial charge in [-0.3, -0.25) is 9.88 Å². The zero-order chi connectivity index (χ0) is 13.2. The minimum absolute atomic E-state index is 0.0725. The van der Waals surface area contributed by atoms with Gasteiger partial charge in [-0.15, -0.1) is 0 Å². The van der Waals surface area contributed by atoms with Crippen LogP contribution in [-0.4, -0.2) is 59.9 Å². The molecule has 6 heteroatoms. The van der Waals surface area contributed by atoms with Crippen LogP contribution in [0.3, 0.4) is 0 Å². The van der Waals surface area contributed by atoms with Crippen molar-refractivity contribution in [1.29, 1.82) is 0 Å². The average molecular weight is 254 g/mol. The van der Waals surface area contributed by atoms with Crippen molar-refractivity contribution in [1.82, 2.24) is 14.9 Å². The lowest BCUT2D eigenvalue weighted by Gasteiger charge is -2.19. The Morgan fingerprint density at radius 2 is 2.17 bits per heavy atom. The van der Waals surface area contributed by atoms with Crippen molar-refractivity contribution in [2.75, 3.05) is 45.3 Å². The number of nitrogens with zero attached hydrogens (tertiary/aromatic N) is 3. The normalized spacial score (nSPS) is 10.9. The Morgan fingerprint density at radius 3 is 2.72 bits per heavy atom. The lowest BCUT2D eigenvalue weighted by Crippen LogP contribution is -2.27. The van der Waals surface area contributed by atoms with E-state index >= 15 is 0 Å². The van der Waals surface area contributed by atoms with Gasteiger partial charge in [0.05, 0.1) is 37.9 Å². The van der Waals surface area contributed by atoms with Crippen LogP contribution in [-0.2, 0) is 11.3 Å². The molecule has 1 aromatic rings. The van der Waals surface area contributed by atoms with Gasteiger partial charge >= 0.3 is 0 Å². The summed E-state index contributed by atoms with van der Waals surface area (Å²) >= 11 is 0. The van der Waals surface area contributed by atoms with Crippen molar-refractivity contribution in [3.63, 3.8) is 0 Å². The molecule has 0 aliphatic rings. The molecule has 0 radical (unpaired) electrons. The first-order valence-electron chi connectivity index (χ1n) is 6.19. The summed E-state index contributed by atoms with van der Waals surface area (Å²) in [5.74, 6) is 0.771. The molecular formula is C12H22N4O2. The van der Waals surface area contributed by atoms with Gasteiger partial charge in [0.2, 0.25) is 0 Å². The van der Waals surface area contributed by atoms with Crippen molar-refractivity contribution < 1.29 is 9.84 Å². The summed E-state index contributed by atoms with van der Waals surface area (Å²) in [6.07, 6.45) is 3.51. The van der Waals surface area contributed by atoms with Crippen LogP contribution in [0.5, 0.6) is 0 Å². The van der Waals surface area contributed by atoms with E-state index in [9.17, 15) is 0 Å². The third kappa shape index (κ3) is 5.39. The summed E-state index contributed by atoms with van der Waals surface area (Å²) in [6, 6.07) is 0. The van der Waals surface area contributed by atoms with Crippen molar-refractivity contribution in [2.45, 2.75) is 13.5 Å². The number of ether oxygens (including phenoxy) is 1. The fourth-order valence-electron chi connectivity index (χ4n) is 1.50. The molecule has 0 bridgehead atoms. The Hall–Kier alpha value is -1.24. The lowest BCUT2D eigenvalue weighted by molar-refractivity contribution is 0.0729. The standard InChI is InChI=1S/C12H22N4O2/c1-3-16(4-6-18-7-5-17)10-11-8-15-12(13-2)9-14-11/h8-9,17H,3-7,10H2,1-2H3,(H,13,15). The first kappa shape index (κ1) is 14.8. The molecule has 0 amide bonds. The number of hydrogen-bond donors (Lipinski definition) is 2. The highest BCUT2D eigenvalue weighted by Crippen LogP contribution is 2.03. The van der Waals surface area contributed by atoms with Gasteiger partial charge < -0.3 is 15.2 Å². The molecule has 1 aromatic heterocycles. The average Bonchev–Trinajstić information content (AvgIpc) is 2.43. The van der Waals surface area contributed by atoms with E-state index in [2.05, 4.69) is 27.1 Å². The molecule has 6 nitrogen and oxygen atoms in total. The Balaban J connectivity index is 2.36. The van der Waals surface area contributed by atoms with E-state index in [4.69, 9.17) is 9.84 Å². The van der Waals surface area contributed by atoms with Crippen molar-refractivity contribution >= 4 is 5.82 Å². The maximum Gasteiger partial charge on any atom is 0.144 e. The van der Waals surface area contributed by atoms with Crippen LogP contribution in [0.15, 0.2) is 12.4 Å². The molecule has 0 fully saturated rings. The van der Waals surface area contributed by atoms with E-state index < -0.39 is 0 Å². The summed E-state index contributed by atoms with van der Waals surface area (Å²) in [4.78, 5) is 10.8. The molecule has 0 spiro atoms. The Kier molecular flexibility index (Phi) is 7.24. The molecule has 0 aromatic carbocycles. The number of likely N-dealkylation sites (N-methyl/N-ethyl adjacent to an activating group) is 1. The van der Waals surface area contributed by atoms with Crippen molar-refractivity contribution in [3.05, 3.63) is 18.1 Å². The summed E-state index contributed by atoms with van der Waals surface area (Å²) in [5.41, 5.74) is 0.943. The number of aromatic nitrogens is 2. The largest absolute Gasteiger partial charge is 0.394 e. The third-order valence-corrected chi connectivity index (χ3v) is 2.58. The van der Waals surface area contributed by atoms with Crippen molar-refractivity contribution in [3.8, 4) is 0 Å². The summed E-state index contributed by atoms with van der Waals surface area (Å²) < 4.78 is 5.25. The van der Waals surface area contributed by atoms with Gasteiger partial charge in [0.25, 0.3) is 0 Å². The van der Waals surface area contributed by atoms with Gasteiger partial charge in [0.1, 0.15) is 5.82 Å². The Morgan fingerprint density at radius 1 is 1.33 bits per heavy atom. The van der Waals surface area contributed by atoms with Gasteiger partial charge in [-0.25, -0.2) is 4.98 Å². The molecular weight excluding hydrogens is 232 g/mol. The lowest BCUT2D eigenvalue weighted by atomic mass is 10.4. The van der Waals surface area contributed by atoms with Crippen LogP contribution < -0.4 is 5.32 Å². The first-order valence-corrected chi connectivity index (χ1v) is 6.19. The minimum atomic E-state index is 0.0725. The van der Waals surface area contributed by atoms with Crippen LogP contribution in [0.4, 0.5) is 5.82 Å². The monoisotopic (exact) mass is 254 g/mol. The highest BCUT2D eigenvalue weighted by atomic mass is 16.5. The maximum atomic E-state index is 8.61. The second-order valence-corrected chi connectivity index (χ2v) is 3.85. The predicted octanol–water partition coefficient (Wildman–Crippen LogP) is 0.349. The highest BCUT2D eigenvalue weighted by Gasteiger charge is 2.05. The fourth-order valence-corrected chi connectivity index (χ4v) is 1.50. The molecule has 102 valence electrons. The van der Waals surface area contributed by atoms with E-state index in [1.165, 1.54) is 0 Å². The highest BCUT2D eigenvalue weighted by molar-refractivity contribution is 5.29. The van der Waals surface area contributed by atoms with E-state index in [1.807, 2.05) is 7.05 Å². The number of hydrogen-bond acceptors (Lipinski definition) is 6. The molecule has 1 rings (SSSR count). The summed E-state index contributed by atoms with van der Waals surface area (Å²) in [6.45, 7) is 5.70. The quantitative estimate of drug-likeness (QED) is 0.620.